The van der Waals surface area contributed by atoms with Crippen LogP contribution in [0.15, 0.2) is 53.4 Å². The van der Waals surface area contributed by atoms with Crippen molar-refractivity contribution in [2.45, 2.75) is 50.0 Å². The van der Waals surface area contributed by atoms with E-state index < -0.39 is 10.0 Å². The SMILES string of the molecule is CC(NC(=O)CCc1ccc(S(=O)(=O)N2CCCCC2)cc1)c1ccc(Cl)cc1. The molecule has 1 heterocycles. The number of amides is 1. The average molecular weight is 435 g/mol. The van der Waals surface area contributed by atoms with Crippen molar-refractivity contribution in [2.75, 3.05) is 13.1 Å². The Kier molecular flexibility index (Phi) is 7.33. The monoisotopic (exact) mass is 434 g/mol. The van der Waals surface area contributed by atoms with E-state index in [1.165, 1.54) is 0 Å². The van der Waals surface area contributed by atoms with Crippen molar-refractivity contribution in [1.82, 2.24) is 9.62 Å². The predicted octanol–water partition coefficient (Wildman–Crippen LogP) is 4.32. The van der Waals surface area contributed by atoms with E-state index in [1.54, 1.807) is 40.7 Å². The van der Waals surface area contributed by atoms with Crippen molar-refractivity contribution >= 4 is 27.5 Å². The fourth-order valence-corrected chi connectivity index (χ4v) is 5.13. The van der Waals surface area contributed by atoms with E-state index >= 15 is 0 Å². The fraction of sp³-hybridized carbons (Fsp3) is 0.409. The highest BCUT2D eigenvalue weighted by atomic mass is 35.5. The summed E-state index contributed by atoms with van der Waals surface area (Å²) in [6.45, 7) is 3.12. The summed E-state index contributed by atoms with van der Waals surface area (Å²) in [5.41, 5.74) is 1.94. The first-order chi connectivity index (χ1) is 13.9. The number of hydrogen-bond donors (Lipinski definition) is 1. The molecule has 0 aromatic heterocycles. The van der Waals surface area contributed by atoms with Crippen LogP contribution in [-0.2, 0) is 21.2 Å². The number of carbonyl (C=O) groups excluding carboxylic acids is 1. The van der Waals surface area contributed by atoms with Crippen LogP contribution in [0.3, 0.4) is 0 Å². The Morgan fingerprint density at radius 3 is 2.28 bits per heavy atom. The molecule has 3 rings (SSSR count). The van der Waals surface area contributed by atoms with Gasteiger partial charge in [0.15, 0.2) is 0 Å². The molecule has 29 heavy (non-hydrogen) atoms. The molecule has 156 valence electrons. The molecule has 1 fully saturated rings. The lowest BCUT2D eigenvalue weighted by Gasteiger charge is -2.25. The first-order valence-electron chi connectivity index (χ1n) is 10.0. The number of aryl methyl sites for hydroxylation is 1. The van der Waals surface area contributed by atoms with Gasteiger partial charge in [0.25, 0.3) is 0 Å². The molecular formula is C22H27ClN2O3S. The molecule has 0 spiro atoms. The number of carbonyl (C=O) groups is 1. The zero-order valence-corrected chi connectivity index (χ0v) is 18.2. The number of benzene rings is 2. The largest absolute Gasteiger partial charge is 0.350 e. The lowest BCUT2D eigenvalue weighted by atomic mass is 10.1. The molecule has 1 amide bonds. The molecule has 1 N–H and O–H groups in total. The Morgan fingerprint density at radius 1 is 1.03 bits per heavy atom. The van der Waals surface area contributed by atoms with E-state index in [4.69, 9.17) is 11.6 Å². The Morgan fingerprint density at radius 2 is 1.66 bits per heavy atom. The Hall–Kier alpha value is -1.89. The van der Waals surface area contributed by atoms with Crippen LogP contribution in [0.4, 0.5) is 0 Å². The fourth-order valence-electron chi connectivity index (χ4n) is 3.49. The predicted molar refractivity (Wildman–Crippen MR) is 115 cm³/mol. The van der Waals surface area contributed by atoms with Crippen molar-refractivity contribution < 1.29 is 13.2 Å². The molecular weight excluding hydrogens is 408 g/mol. The van der Waals surface area contributed by atoms with E-state index in [-0.39, 0.29) is 11.9 Å². The molecule has 0 bridgehead atoms. The number of rotatable bonds is 7. The molecule has 1 atom stereocenters. The lowest BCUT2D eigenvalue weighted by Crippen LogP contribution is -2.35. The van der Waals surface area contributed by atoms with Gasteiger partial charge in [0.2, 0.25) is 15.9 Å². The maximum Gasteiger partial charge on any atom is 0.243 e. The second-order valence-electron chi connectivity index (χ2n) is 7.45. The van der Waals surface area contributed by atoms with Crippen LogP contribution >= 0.6 is 11.6 Å². The number of halogens is 1. The maximum absolute atomic E-state index is 12.7. The summed E-state index contributed by atoms with van der Waals surface area (Å²) in [6.07, 6.45) is 3.82. The number of nitrogens with zero attached hydrogens (tertiary/aromatic N) is 1. The second-order valence-corrected chi connectivity index (χ2v) is 9.82. The summed E-state index contributed by atoms with van der Waals surface area (Å²) in [7, 11) is -3.42. The molecule has 0 radical (unpaired) electrons. The van der Waals surface area contributed by atoms with E-state index in [0.29, 0.717) is 35.8 Å². The van der Waals surface area contributed by atoms with Crippen LogP contribution in [0.2, 0.25) is 5.02 Å². The van der Waals surface area contributed by atoms with E-state index in [0.717, 1.165) is 30.4 Å². The van der Waals surface area contributed by atoms with Crippen molar-refractivity contribution in [3.05, 3.63) is 64.7 Å². The summed E-state index contributed by atoms with van der Waals surface area (Å²) >= 11 is 5.90. The normalized spacial score (nSPS) is 16.3. The van der Waals surface area contributed by atoms with Crippen molar-refractivity contribution in [3.8, 4) is 0 Å². The van der Waals surface area contributed by atoms with Crippen LogP contribution in [0.25, 0.3) is 0 Å². The van der Waals surface area contributed by atoms with Gasteiger partial charge in [-0.1, -0.05) is 42.3 Å². The quantitative estimate of drug-likeness (QED) is 0.705. The third-order valence-electron chi connectivity index (χ3n) is 5.26. The van der Waals surface area contributed by atoms with Crippen LogP contribution in [0.5, 0.6) is 0 Å². The zero-order chi connectivity index (χ0) is 20.9. The summed E-state index contributed by atoms with van der Waals surface area (Å²) in [5, 5.41) is 3.64. The van der Waals surface area contributed by atoms with Gasteiger partial charge in [-0.3, -0.25) is 4.79 Å². The van der Waals surface area contributed by atoms with Gasteiger partial charge in [0.05, 0.1) is 10.9 Å². The molecule has 1 unspecified atom stereocenters. The molecule has 0 saturated carbocycles. The molecule has 2 aromatic rings. The molecule has 1 aliphatic heterocycles. The summed E-state index contributed by atoms with van der Waals surface area (Å²) in [6, 6.07) is 14.2. The summed E-state index contributed by atoms with van der Waals surface area (Å²) < 4.78 is 27.0. The Balaban J connectivity index is 1.53. The molecule has 1 saturated heterocycles. The number of nitrogens with one attached hydrogen (secondary N) is 1. The number of piperidine rings is 1. The van der Waals surface area contributed by atoms with Gasteiger partial charge in [-0.2, -0.15) is 4.31 Å². The summed E-state index contributed by atoms with van der Waals surface area (Å²) in [5.74, 6) is -0.0440. The van der Waals surface area contributed by atoms with Crippen molar-refractivity contribution in [2.24, 2.45) is 0 Å². The third-order valence-corrected chi connectivity index (χ3v) is 7.43. The highest BCUT2D eigenvalue weighted by Crippen LogP contribution is 2.21. The summed E-state index contributed by atoms with van der Waals surface area (Å²) in [4.78, 5) is 12.6. The van der Waals surface area contributed by atoms with Gasteiger partial charge in [-0.25, -0.2) is 8.42 Å². The second kappa shape index (κ2) is 9.74. The number of hydrogen-bond acceptors (Lipinski definition) is 3. The van der Waals surface area contributed by atoms with Gasteiger partial charge < -0.3 is 5.32 Å². The minimum Gasteiger partial charge on any atom is -0.350 e. The average Bonchev–Trinajstić information content (AvgIpc) is 2.73. The van der Waals surface area contributed by atoms with E-state index in [9.17, 15) is 13.2 Å². The minimum absolute atomic E-state index is 0.0440. The molecule has 5 nitrogen and oxygen atoms in total. The van der Waals surface area contributed by atoms with Gasteiger partial charge in [0.1, 0.15) is 0 Å². The maximum atomic E-state index is 12.7. The van der Waals surface area contributed by atoms with E-state index in [2.05, 4.69) is 5.32 Å². The van der Waals surface area contributed by atoms with Gasteiger partial charge in [0, 0.05) is 24.5 Å². The topological polar surface area (TPSA) is 66.5 Å². The highest BCUT2D eigenvalue weighted by molar-refractivity contribution is 7.89. The third kappa shape index (κ3) is 5.81. The molecule has 2 aromatic carbocycles. The standard InChI is InChI=1S/C22H27ClN2O3S/c1-17(19-8-10-20(23)11-9-19)24-22(26)14-7-18-5-12-21(13-6-18)29(27,28)25-15-3-2-4-16-25/h5-6,8-13,17H,2-4,7,14-16H2,1H3,(H,24,26). The minimum atomic E-state index is -3.42. The van der Waals surface area contributed by atoms with E-state index in [1.807, 2.05) is 19.1 Å². The van der Waals surface area contributed by atoms with Gasteiger partial charge in [-0.05, 0) is 61.6 Å². The van der Waals surface area contributed by atoms with Crippen LogP contribution < -0.4 is 5.32 Å². The smallest absolute Gasteiger partial charge is 0.243 e. The first-order valence-corrected chi connectivity index (χ1v) is 11.8. The van der Waals surface area contributed by atoms with Crippen LogP contribution in [0, 0.1) is 0 Å². The van der Waals surface area contributed by atoms with Crippen molar-refractivity contribution in [1.29, 1.82) is 0 Å². The lowest BCUT2D eigenvalue weighted by molar-refractivity contribution is -0.121. The highest BCUT2D eigenvalue weighted by Gasteiger charge is 2.25. The van der Waals surface area contributed by atoms with Gasteiger partial charge in [-0.15, -0.1) is 0 Å². The Bertz CT molecular complexity index is 922. The Labute approximate surface area is 178 Å². The molecule has 1 aliphatic rings. The first kappa shape index (κ1) is 21.8. The van der Waals surface area contributed by atoms with Crippen molar-refractivity contribution in [3.63, 3.8) is 0 Å². The number of sulfonamides is 1. The molecule has 7 heteroatoms. The van der Waals surface area contributed by atoms with Gasteiger partial charge >= 0.3 is 0 Å². The van der Waals surface area contributed by atoms with Crippen LogP contribution in [-0.4, -0.2) is 31.7 Å². The molecule has 0 aliphatic carbocycles. The van der Waals surface area contributed by atoms with Crippen LogP contribution in [0.1, 0.15) is 49.8 Å². The zero-order valence-electron chi connectivity index (χ0n) is 16.6.